The molecule has 166 valence electrons. The maximum atomic E-state index is 13.7. The monoisotopic (exact) mass is 426 g/mol. The minimum absolute atomic E-state index is 0.0547. The number of hydrogen-bond donors (Lipinski definition) is 0. The zero-order valence-electron chi connectivity index (χ0n) is 17.6. The molecule has 0 aromatic heterocycles. The summed E-state index contributed by atoms with van der Waals surface area (Å²) < 4.78 is 53.1. The van der Waals surface area contributed by atoms with Gasteiger partial charge in [0.1, 0.15) is 6.17 Å². The minimum atomic E-state index is -4.39. The summed E-state index contributed by atoms with van der Waals surface area (Å²) in [6.07, 6.45) is -1.69. The summed E-state index contributed by atoms with van der Waals surface area (Å²) in [4.78, 5) is 17.6. The number of carbonyl (C=O) groups is 1. The molecular formula is C23H30F4N2O. The average Bonchev–Trinajstić information content (AvgIpc) is 3.33. The van der Waals surface area contributed by atoms with Gasteiger partial charge in [0, 0.05) is 32.2 Å². The average molecular weight is 426 g/mol. The number of benzene rings is 1. The molecule has 0 radical (unpaired) electrons. The molecule has 0 bridgehead atoms. The fourth-order valence-electron chi connectivity index (χ4n) is 5.62. The van der Waals surface area contributed by atoms with Gasteiger partial charge in [-0.3, -0.25) is 9.69 Å². The zero-order chi connectivity index (χ0) is 21.7. The Hall–Kier alpha value is -1.63. The number of nitrogens with zero attached hydrogens (tertiary/aromatic N) is 2. The molecule has 30 heavy (non-hydrogen) atoms. The summed E-state index contributed by atoms with van der Waals surface area (Å²) >= 11 is 0. The highest BCUT2D eigenvalue weighted by Crippen LogP contribution is 2.48. The van der Waals surface area contributed by atoms with Crippen molar-refractivity contribution in [1.29, 1.82) is 0 Å². The van der Waals surface area contributed by atoms with Crippen molar-refractivity contribution in [3.63, 3.8) is 0 Å². The van der Waals surface area contributed by atoms with Gasteiger partial charge < -0.3 is 4.90 Å². The van der Waals surface area contributed by atoms with Gasteiger partial charge in [0.15, 0.2) is 0 Å². The van der Waals surface area contributed by atoms with E-state index >= 15 is 0 Å². The third kappa shape index (κ3) is 3.85. The first-order valence-corrected chi connectivity index (χ1v) is 11.0. The normalized spacial score (nSPS) is 30.2. The van der Waals surface area contributed by atoms with Crippen LogP contribution in [0.1, 0.15) is 56.2 Å². The first-order chi connectivity index (χ1) is 14.1. The molecule has 3 nitrogen and oxygen atoms in total. The quantitative estimate of drug-likeness (QED) is 0.647. The van der Waals surface area contributed by atoms with E-state index in [2.05, 4.69) is 18.7 Å². The highest BCUT2D eigenvalue weighted by molar-refractivity contribution is 5.84. The molecule has 1 aromatic carbocycles. The molecule has 2 fully saturated rings. The van der Waals surface area contributed by atoms with E-state index in [0.29, 0.717) is 37.9 Å². The number of amides is 1. The molecule has 1 aliphatic carbocycles. The fraction of sp³-hybridized carbons (Fsp3) is 0.696. The van der Waals surface area contributed by atoms with Crippen molar-refractivity contribution in [3.05, 3.63) is 34.9 Å². The van der Waals surface area contributed by atoms with E-state index in [-0.39, 0.29) is 24.4 Å². The maximum absolute atomic E-state index is 13.7. The Balaban J connectivity index is 1.53. The Kier molecular flexibility index (Phi) is 5.62. The van der Waals surface area contributed by atoms with Gasteiger partial charge in [-0.05, 0) is 61.3 Å². The maximum Gasteiger partial charge on any atom is 0.416 e. The largest absolute Gasteiger partial charge is 0.416 e. The van der Waals surface area contributed by atoms with Crippen LogP contribution in [0.4, 0.5) is 17.6 Å². The van der Waals surface area contributed by atoms with Gasteiger partial charge >= 0.3 is 6.18 Å². The molecule has 0 unspecified atom stereocenters. The van der Waals surface area contributed by atoms with E-state index in [1.165, 1.54) is 6.07 Å². The first-order valence-electron chi connectivity index (χ1n) is 11.0. The van der Waals surface area contributed by atoms with Crippen LogP contribution in [0.2, 0.25) is 0 Å². The lowest BCUT2D eigenvalue weighted by Crippen LogP contribution is -2.48. The molecule has 1 saturated carbocycles. The Morgan fingerprint density at radius 1 is 1.17 bits per heavy atom. The smallest absolute Gasteiger partial charge is 0.338 e. The minimum Gasteiger partial charge on any atom is -0.338 e. The summed E-state index contributed by atoms with van der Waals surface area (Å²) in [7, 11) is 0. The van der Waals surface area contributed by atoms with Crippen LogP contribution in [0.15, 0.2) is 18.2 Å². The van der Waals surface area contributed by atoms with Crippen molar-refractivity contribution in [2.24, 2.45) is 11.3 Å². The Morgan fingerprint density at radius 3 is 2.57 bits per heavy atom. The van der Waals surface area contributed by atoms with Crippen molar-refractivity contribution in [2.75, 3.05) is 19.6 Å². The Morgan fingerprint density at radius 2 is 1.93 bits per heavy atom. The van der Waals surface area contributed by atoms with Crippen LogP contribution >= 0.6 is 0 Å². The van der Waals surface area contributed by atoms with Crippen molar-refractivity contribution in [1.82, 2.24) is 9.80 Å². The van der Waals surface area contributed by atoms with E-state index in [0.717, 1.165) is 31.0 Å². The molecule has 3 atom stereocenters. The second kappa shape index (κ2) is 7.81. The predicted molar refractivity (Wildman–Crippen MR) is 107 cm³/mol. The van der Waals surface area contributed by atoms with Crippen molar-refractivity contribution < 1.29 is 22.4 Å². The molecule has 3 aliphatic rings. The predicted octanol–water partition coefficient (Wildman–Crippen LogP) is 4.83. The lowest BCUT2D eigenvalue weighted by Gasteiger charge is -2.40. The number of carbonyl (C=O) groups excluding carboxylic acids is 1. The molecule has 1 aromatic rings. The van der Waals surface area contributed by atoms with E-state index in [4.69, 9.17) is 0 Å². The summed E-state index contributed by atoms with van der Waals surface area (Å²) in [5, 5.41) is 0. The molecule has 2 aliphatic heterocycles. The molecule has 7 heteroatoms. The number of fused-ring (bicyclic) bond motifs is 1. The van der Waals surface area contributed by atoms with Crippen LogP contribution in [-0.4, -0.2) is 47.6 Å². The van der Waals surface area contributed by atoms with Crippen molar-refractivity contribution in [3.8, 4) is 0 Å². The molecular weight excluding hydrogens is 396 g/mol. The summed E-state index contributed by atoms with van der Waals surface area (Å²) in [6, 6.07) is 4.08. The van der Waals surface area contributed by atoms with Gasteiger partial charge in [0.25, 0.3) is 0 Å². The number of likely N-dealkylation sites (tertiary alicyclic amines) is 1. The van der Waals surface area contributed by atoms with Gasteiger partial charge in [0.05, 0.1) is 11.0 Å². The number of hydrogen-bond acceptors (Lipinski definition) is 2. The van der Waals surface area contributed by atoms with Crippen LogP contribution in [0.3, 0.4) is 0 Å². The number of halogens is 4. The van der Waals surface area contributed by atoms with Crippen molar-refractivity contribution >= 4 is 5.91 Å². The van der Waals surface area contributed by atoms with Crippen LogP contribution in [0.5, 0.6) is 0 Å². The standard InChI is InChI=1S/C23H30F4N2O/c1-15(2)22(8-5-20(12-22)28-10-7-19(24)14-28)21(30)29-9-6-16-3-4-18(23(25,26)27)11-17(16)13-29/h3-4,11,15,19-20H,5-10,12-14H2,1-2H3/t19-,20-,22+/m1/s1. The van der Waals surface area contributed by atoms with Crippen LogP contribution in [0.25, 0.3) is 0 Å². The highest BCUT2D eigenvalue weighted by atomic mass is 19.4. The van der Waals surface area contributed by atoms with Crippen LogP contribution in [0, 0.1) is 11.3 Å². The number of alkyl halides is 4. The molecule has 1 saturated heterocycles. The van der Waals surface area contributed by atoms with Gasteiger partial charge in [0.2, 0.25) is 5.91 Å². The Bertz CT molecular complexity index is 809. The van der Waals surface area contributed by atoms with Gasteiger partial charge in [-0.2, -0.15) is 13.2 Å². The van der Waals surface area contributed by atoms with E-state index < -0.39 is 23.3 Å². The second-order valence-corrected chi connectivity index (χ2v) is 9.55. The molecule has 1 amide bonds. The van der Waals surface area contributed by atoms with Gasteiger partial charge in [-0.25, -0.2) is 4.39 Å². The zero-order valence-corrected chi connectivity index (χ0v) is 17.6. The fourth-order valence-corrected chi connectivity index (χ4v) is 5.62. The van der Waals surface area contributed by atoms with E-state index in [1.807, 2.05) is 0 Å². The van der Waals surface area contributed by atoms with Gasteiger partial charge in [-0.1, -0.05) is 19.9 Å². The topological polar surface area (TPSA) is 23.6 Å². The lowest BCUT2D eigenvalue weighted by molar-refractivity contribution is -0.146. The summed E-state index contributed by atoms with van der Waals surface area (Å²) in [5.74, 6) is 0.181. The SMILES string of the molecule is CC(C)[C@]1(C(=O)N2CCc3ccc(C(F)(F)F)cc3C2)CC[C@@H](N2CC[C@@H](F)C2)C1. The first kappa shape index (κ1) is 21.6. The molecule has 4 rings (SSSR count). The third-order valence-corrected chi connectivity index (χ3v) is 7.57. The molecule has 0 spiro atoms. The molecule has 0 N–H and O–H groups in total. The second-order valence-electron chi connectivity index (χ2n) is 9.55. The van der Waals surface area contributed by atoms with Gasteiger partial charge in [-0.15, -0.1) is 0 Å². The van der Waals surface area contributed by atoms with Crippen LogP contribution in [-0.2, 0) is 23.9 Å². The summed E-state index contributed by atoms with van der Waals surface area (Å²) in [6.45, 7) is 6.07. The lowest BCUT2D eigenvalue weighted by atomic mass is 9.73. The number of rotatable bonds is 3. The molecule has 2 heterocycles. The summed E-state index contributed by atoms with van der Waals surface area (Å²) in [5.41, 5.74) is 0.307. The highest BCUT2D eigenvalue weighted by Gasteiger charge is 2.51. The third-order valence-electron chi connectivity index (χ3n) is 7.57. The Labute approximate surface area is 175 Å². The van der Waals surface area contributed by atoms with E-state index in [1.54, 1.807) is 11.0 Å². The van der Waals surface area contributed by atoms with Crippen LogP contribution < -0.4 is 0 Å². The van der Waals surface area contributed by atoms with Crippen molar-refractivity contribution in [2.45, 2.75) is 70.9 Å². The van der Waals surface area contributed by atoms with E-state index in [9.17, 15) is 22.4 Å².